The number of rotatable bonds is 8. The lowest BCUT2D eigenvalue weighted by atomic mass is 9.93. The standard InChI is InChI=1S/C26H32N2O4/c1-17(2)18-7-9-19(10-8-18)23-22(24(29)20-11-13-21(32-5)14-12-20)25(30)26(31)28(23)16-6-15-27(3)4/h7-14,17,23,29H,6,15-16H2,1-5H3/b24-22+. The van der Waals surface area contributed by atoms with Crippen LogP contribution in [0, 0.1) is 0 Å². The molecule has 2 aromatic carbocycles. The van der Waals surface area contributed by atoms with Gasteiger partial charge in [0.25, 0.3) is 11.7 Å². The molecule has 0 aromatic heterocycles. The van der Waals surface area contributed by atoms with Crippen molar-refractivity contribution >= 4 is 17.4 Å². The number of nitrogens with zero attached hydrogens (tertiary/aromatic N) is 2. The van der Waals surface area contributed by atoms with Crippen LogP contribution in [0.25, 0.3) is 5.76 Å². The highest BCUT2D eigenvalue weighted by Gasteiger charge is 2.45. The third-order valence-electron chi connectivity index (χ3n) is 5.83. The van der Waals surface area contributed by atoms with Crippen LogP contribution in [0.5, 0.6) is 5.75 Å². The first-order valence-electron chi connectivity index (χ1n) is 10.9. The first kappa shape index (κ1) is 23.5. The maximum atomic E-state index is 13.1. The van der Waals surface area contributed by atoms with Crippen molar-refractivity contribution in [3.63, 3.8) is 0 Å². The number of aliphatic hydroxyl groups is 1. The van der Waals surface area contributed by atoms with Crippen LogP contribution in [0.1, 0.15) is 48.9 Å². The summed E-state index contributed by atoms with van der Waals surface area (Å²) in [6.07, 6.45) is 0.725. The van der Waals surface area contributed by atoms with Crippen molar-refractivity contribution in [3.05, 3.63) is 70.8 Å². The zero-order chi connectivity index (χ0) is 23.4. The van der Waals surface area contributed by atoms with Gasteiger partial charge < -0.3 is 19.6 Å². The predicted molar refractivity (Wildman–Crippen MR) is 126 cm³/mol. The van der Waals surface area contributed by atoms with Crippen molar-refractivity contribution in [1.82, 2.24) is 9.80 Å². The summed E-state index contributed by atoms with van der Waals surface area (Å²) in [6.45, 7) is 5.46. The smallest absolute Gasteiger partial charge is 0.295 e. The first-order valence-corrected chi connectivity index (χ1v) is 10.9. The summed E-state index contributed by atoms with van der Waals surface area (Å²) >= 11 is 0. The van der Waals surface area contributed by atoms with Crippen LogP contribution in [0.2, 0.25) is 0 Å². The Morgan fingerprint density at radius 2 is 1.69 bits per heavy atom. The largest absolute Gasteiger partial charge is 0.507 e. The minimum absolute atomic E-state index is 0.127. The van der Waals surface area contributed by atoms with E-state index in [0.29, 0.717) is 23.8 Å². The van der Waals surface area contributed by atoms with E-state index >= 15 is 0 Å². The van der Waals surface area contributed by atoms with Gasteiger partial charge >= 0.3 is 0 Å². The monoisotopic (exact) mass is 436 g/mol. The normalized spacial score (nSPS) is 18.1. The SMILES string of the molecule is COc1ccc(/C(O)=C2\C(=O)C(=O)N(CCCN(C)C)C2c2ccc(C(C)C)cc2)cc1. The quantitative estimate of drug-likeness (QED) is 0.382. The van der Waals surface area contributed by atoms with Gasteiger partial charge in [-0.2, -0.15) is 0 Å². The van der Waals surface area contributed by atoms with Crippen LogP contribution >= 0.6 is 0 Å². The molecular formula is C26H32N2O4. The highest BCUT2D eigenvalue weighted by Crippen LogP contribution is 2.40. The molecule has 1 unspecified atom stereocenters. The van der Waals surface area contributed by atoms with Gasteiger partial charge in [-0.05, 0) is 68.4 Å². The van der Waals surface area contributed by atoms with E-state index in [1.165, 1.54) is 5.56 Å². The number of benzene rings is 2. The lowest BCUT2D eigenvalue weighted by Gasteiger charge is -2.26. The Morgan fingerprint density at radius 1 is 1.06 bits per heavy atom. The average molecular weight is 437 g/mol. The van der Waals surface area contributed by atoms with Crippen LogP contribution in [0.3, 0.4) is 0 Å². The number of amides is 1. The van der Waals surface area contributed by atoms with Gasteiger partial charge in [0, 0.05) is 12.1 Å². The Balaban J connectivity index is 2.07. The molecule has 6 heteroatoms. The third-order valence-corrected chi connectivity index (χ3v) is 5.83. The Bertz CT molecular complexity index is 991. The fourth-order valence-corrected chi connectivity index (χ4v) is 3.98. The molecule has 0 saturated carbocycles. The van der Waals surface area contributed by atoms with E-state index < -0.39 is 17.7 Å². The van der Waals surface area contributed by atoms with Gasteiger partial charge in [0.05, 0.1) is 18.7 Å². The summed E-state index contributed by atoms with van der Waals surface area (Å²) in [5, 5.41) is 11.1. The molecule has 0 spiro atoms. The number of carbonyl (C=O) groups is 2. The van der Waals surface area contributed by atoms with Crippen LogP contribution in [-0.2, 0) is 9.59 Å². The van der Waals surface area contributed by atoms with Crippen molar-refractivity contribution < 1.29 is 19.4 Å². The molecule has 6 nitrogen and oxygen atoms in total. The maximum absolute atomic E-state index is 13.1. The Labute approximate surface area is 190 Å². The topological polar surface area (TPSA) is 70.1 Å². The highest BCUT2D eigenvalue weighted by molar-refractivity contribution is 6.46. The number of ketones is 1. The Kier molecular flexibility index (Phi) is 7.36. The van der Waals surface area contributed by atoms with E-state index in [-0.39, 0.29) is 11.3 Å². The molecule has 1 atom stereocenters. The number of hydrogen-bond acceptors (Lipinski definition) is 5. The van der Waals surface area contributed by atoms with Gasteiger partial charge in [-0.3, -0.25) is 9.59 Å². The van der Waals surface area contributed by atoms with E-state index in [2.05, 4.69) is 13.8 Å². The van der Waals surface area contributed by atoms with Gasteiger partial charge in [0.1, 0.15) is 11.5 Å². The van der Waals surface area contributed by atoms with Gasteiger partial charge in [0.2, 0.25) is 0 Å². The van der Waals surface area contributed by atoms with Gasteiger partial charge in [-0.15, -0.1) is 0 Å². The number of ether oxygens (including phenoxy) is 1. The molecule has 170 valence electrons. The molecule has 1 aliphatic heterocycles. The molecule has 32 heavy (non-hydrogen) atoms. The molecule has 3 rings (SSSR count). The van der Waals surface area contributed by atoms with Crippen molar-refractivity contribution in [3.8, 4) is 5.75 Å². The zero-order valence-corrected chi connectivity index (χ0v) is 19.5. The van der Waals surface area contributed by atoms with E-state index in [1.54, 1.807) is 36.3 Å². The van der Waals surface area contributed by atoms with E-state index in [0.717, 1.165) is 18.5 Å². The molecule has 1 N–H and O–H groups in total. The van der Waals surface area contributed by atoms with Crippen molar-refractivity contribution in [2.24, 2.45) is 0 Å². The van der Waals surface area contributed by atoms with Gasteiger partial charge in [-0.1, -0.05) is 38.1 Å². The molecule has 1 heterocycles. The maximum Gasteiger partial charge on any atom is 0.295 e. The average Bonchev–Trinajstić information content (AvgIpc) is 3.03. The molecule has 1 aliphatic rings. The summed E-state index contributed by atoms with van der Waals surface area (Å²) in [5.74, 6) is -0.377. The van der Waals surface area contributed by atoms with E-state index in [1.807, 2.05) is 43.3 Å². The molecule has 0 aliphatic carbocycles. The number of Topliss-reactive ketones (excluding diaryl/α,β-unsaturated/α-hetero) is 1. The second kappa shape index (κ2) is 10.0. The molecule has 1 saturated heterocycles. The summed E-state index contributed by atoms with van der Waals surface area (Å²) < 4.78 is 5.18. The lowest BCUT2D eigenvalue weighted by Crippen LogP contribution is -2.32. The first-order chi connectivity index (χ1) is 15.2. The van der Waals surface area contributed by atoms with Gasteiger partial charge in [0.15, 0.2) is 0 Å². The third kappa shape index (κ3) is 4.86. The van der Waals surface area contributed by atoms with E-state index in [9.17, 15) is 14.7 Å². The van der Waals surface area contributed by atoms with E-state index in [4.69, 9.17) is 4.74 Å². The number of hydrogen-bond donors (Lipinski definition) is 1. The van der Waals surface area contributed by atoms with Crippen LogP contribution in [0.4, 0.5) is 0 Å². The predicted octanol–water partition coefficient (Wildman–Crippen LogP) is 4.19. The molecule has 1 amide bonds. The Hall–Kier alpha value is -3.12. The Morgan fingerprint density at radius 3 is 2.22 bits per heavy atom. The fraction of sp³-hybridized carbons (Fsp3) is 0.385. The summed E-state index contributed by atoms with van der Waals surface area (Å²) in [5.41, 5.74) is 2.59. The van der Waals surface area contributed by atoms with Crippen LogP contribution in [-0.4, -0.2) is 60.9 Å². The second-order valence-electron chi connectivity index (χ2n) is 8.70. The van der Waals surface area contributed by atoms with Crippen LogP contribution < -0.4 is 4.74 Å². The number of aliphatic hydroxyl groups excluding tert-OH is 1. The molecule has 2 aromatic rings. The minimum atomic E-state index is -0.652. The number of likely N-dealkylation sites (tertiary alicyclic amines) is 1. The second-order valence-corrected chi connectivity index (χ2v) is 8.70. The van der Waals surface area contributed by atoms with Gasteiger partial charge in [-0.25, -0.2) is 0 Å². The molecule has 0 radical (unpaired) electrons. The zero-order valence-electron chi connectivity index (χ0n) is 19.5. The summed E-state index contributed by atoms with van der Waals surface area (Å²) in [7, 11) is 5.51. The number of methoxy groups -OCH3 is 1. The molecule has 0 bridgehead atoms. The summed E-state index contributed by atoms with van der Waals surface area (Å²) in [6, 6.07) is 14.1. The minimum Gasteiger partial charge on any atom is -0.507 e. The fourth-order valence-electron chi connectivity index (χ4n) is 3.98. The molecule has 1 fully saturated rings. The van der Waals surface area contributed by atoms with Crippen molar-refractivity contribution in [2.45, 2.75) is 32.2 Å². The number of carbonyl (C=O) groups excluding carboxylic acids is 2. The summed E-state index contributed by atoms with van der Waals surface area (Å²) in [4.78, 5) is 29.7. The van der Waals surface area contributed by atoms with Crippen molar-refractivity contribution in [1.29, 1.82) is 0 Å². The highest BCUT2D eigenvalue weighted by atomic mass is 16.5. The van der Waals surface area contributed by atoms with Crippen LogP contribution in [0.15, 0.2) is 54.1 Å². The lowest BCUT2D eigenvalue weighted by molar-refractivity contribution is -0.139. The van der Waals surface area contributed by atoms with Crippen molar-refractivity contribution in [2.75, 3.05) is 34.3 Å². The molecular weight excluding hydrogens is 404 g/mol.